The summed E-state index contributed by atoms with van der Waals surface area (Å²) in [5, 5.41) is 0. The Kier molecular flexibility index (Phi) is 13.0. The van der Waals surface area contributed by atoms with Crippen molar-refractivity contribution in [3.8, 4) is 68.5 Å². The molecule has 16 heteroatoms. The number of aromatic nitrogens is 12. The minimum Gasteiger partial charge on any atom is -0.497 e. The molecule has 0 saturated heterocycles. The summed E-state index contributed by atoms with van der Waals surface area (Å²) in [5.41, 5.74) is 13.6. The van der Waals surface area contributed by atoms with Crippen LogP contribution in [-0.2, 0) is 26.2 Å². The van der Waals surface area contributed by atoms with Crippen LogP contribution in [0.4, 0.5) is 0 Å². The third-order valence-electron chi connectivity index (χ3n) is 14.6. The zero-order valence-electron chi connectivity index (χ0n) is 44.4. The standard InChI is InChI=1S/C64H54N12O4/c1-77-45-13-5-41(6-14-45)37-73-33-29-65-61(73)57-49-21-23-51(69-49)58(62-66-30-34-74(62)38-42-7-15-46(78-2)16-8-42)53-25-27-55(71-53)60(64-68-32-36-76(64)40-44-11-19-48(80-4)20-12-44)56-28-26-54(72-56)59(52-24-22-50(57)70-52)63-67-31-35-75(63)39-43-9-17-47(79-3)18-10-43/h5-36,69,72H,37-40H2,1-4H3. The third kappa shape index (κ3) is 9.48. The topological polar surface area (TPSA) is 166 Å². The minimum atomic E-state index is 0.549. The lowest BCUT2D eigenvalue weighted by Crippen LogP contribution is -2.04. The molecule has 13 rings (SSSR count). The van der Waals surface area contributed by atoms with Crippen molar-refractivity contribution < 1.29 is 18.9 Å². The number of nitrogens with one attached hydrogen (secondary N) is 2. The Morgan fingerprint density at radius 3 is 0.750 bits per heavy atom. The van der Waals surface area contributed by atoms with Gasteiger partial charge in [0.05, 0.1) is 95.5 Å². The first kappa shape index (κ1) is 49.1. The monoisotopic (exact) mass is 1050 g/mol. The zero-order valence-corrected chi connectivity index (χ0v) is 44.4. The van der Waals surface area contributed by atoms with Gasteiger partial charge in [-0.1, -0.05) is 48.5 Å². The Balaban J connectivity index is 1.09. The second kappa shape index (κ2) is 21.2. The number of H-pyrrole nitrogens is 2. The number of aromatic amines is 2. The van der Waals surface area contributed by atoms with Gasteiger partial charge in [0, 0.05) is 75.8 Å². The molecule has 2 aliphatic heterocycles. The van der Waals surface area contributed by atoms with Gasteiger partial charge in [0.2, 0.25) is 0 Å². The highest BCUT2D eigenvalue weighted by Gasteiger charge is 2.24. The number of hydrogen-bond acceptors (Lipinski definition) is 10. The van der Waals surface area contributed by atoms with Crippen molar-refractivity contribution in [2.75, 3.05) is 28.4 Å². The molecule has 0 unspecified atom stereocenters. The second-order valence-electron chi connectivity index (χ2n) is 19.4. The Labute approximate surface area is 460 Å². The van der Waals surface area contributed by atoms with Gasteiger partial charge in [0.25, 0.3) is 0 Å². The van der Waals surface area contributed by atoms with Crippen LogP contribution in [0.25, 0.3) is 91.9 Å². The van der Waals surface area contributed by atoms with Gasteiger partial charge >= 0.3 is 0 Å². The lowest BCUT2D eigenvalue weighted by Gasteiger charge is -2.11. The van der Waals surface area contributed by atoms with E-state index >= 15 is 0 Å². The molecular formula is C64H54N12O4. The van der Waals surface area contributed by atoms with Crippen molar-refractivity contribution in [2.24, 2.45) is 0 Å². The van der Waals surface area contributed by atoms with Crippen molar-refractivity contribution in [3.63, 3.8) is 0 Å². The molecule has 0 aliphatic carbocycles. The van der Waals surface area contributed by atoms with Crippen molar-refractivity contribution in [1.82, 2.24) is 58.1 Å². The minimum absolute atomic E-state index is 0.549. The van der Waals surface area contributed by atoms with Gasteiger partial charge in [0.1, 0.15) is 46.3 Å². The van der Waals surface area contributed by atoms with Crippen LogP contribution < -0.4 is 18.9 Å². The molecule has 394 valence electrons. The maximum Gasteiger partial charge on any atom is 0.144 e. The molecule has 11 aromatic rings. The number of benzene rings is 4. The van der Waals surface area contributed by atoms with Crippen LogP contribution >= 0.6 is 0 Å². The first-order chi connectivity index (χ1) is 39.4. The molecule has 0 radical (unpaired) electrons. The molecule has 0 saturated carbocycles. The van der Waals surface area contributed by atoms with Gasteiger partial charge in [-0.3, -0.25) is 0 Å². The van der Waals surface area contributed by atoms with Crippen molar-refractivity contribution >= 4 is 46.4 Å². The summed E-state index contributed by atoms with van der Waals surface area (Å²) >= 11 is 0. The fraction of sp³-hybridized carbons (Fsp3) is 0.125. The third-order valence-corrected chi connectivity index (χ3v) is 14.6. The van der Waals surface area contributed by atoms with Crippen molar-refractivity contribution in [1.29, 1.82) is 0 Å². The second-order valence-corrected chi connectivity index (χ2v) is 19.4. The normalized spacial score (nSPS) is 11.8. The first-order valence-corrected chi connectivity index (χ1v) is 26.1. The smallest absolute Gasteiger partial charge is 0.144 e. The maximum atomic E-state index is 5.59. The van der Waals surface area contributed by atoms with E-state index in [0.29, 0.717) is 49.0 Å². The average Bonchev–Trinajstić information content (AvgIpc) is 4.43. The van der Waals surface area contributed by atoms with Crippen LogP contribution in [0, 0.1) is 0 Å². The predicted octanol–water partition coefficient (Wildman–Crippen LogP) is 12.3. The molecular weight excluding hydrogens is 1000 g/mol. The van der Waals surface area contributed by atoms with E-state index in [0.717, 1.165) is 113 Å². The quantitative estimate of drug-likeness (QED) is 0.0951. The largest absolute Gasteiger partial charge is 0.497 e. The summed E-state index contributed by atoms with van der Waals surface area (Å²) in [4.78, 5) is 39.3. The molecule has 0 spiro atoms. The number of hydrogen-bond donors (Lipinski definition) is 2. The van der Waals surface area contributed by atoms with Crippen LogP contribution in [0.5, 0.6) is 23.0 Å². The van der Waals surface area contributed by atoms with Gasteiger partial charge in [-0.05, 0) is 119 Å². The van der Waals surface area contributed by atoms with Crippen LogP contribution in [0.2, 0.25) is 0 Å². The van der Waals surface area contributed by atoms with Crippen LogP contribution in [-0.4, -0.2) is 86.6 Å². The Morgan fingerprint density at radius 1 is 0.312 bits per heavy atom. The molecule has 8 bridgehead atoms. The fourth-order valence-corrected chi connectivity index (χ4v) is 10.5. The van der Waals surface area contributed by atoms with E-state index in [-0.39, 0.29) is 0 Å². The van der Waals surface area contributed by atoms with Crippen molar-refractivity contribution in [3.05, 3.63) is 216 Å². The first-order valence-electron chi connectivity index (χ1n) is 26.1. The van der Waals surface area contributed by atoms with Gasteiger partial charge in [-0.2, -0.15) is 0 Å². The highest BCUT2D eigenvalue weighted by Crippen LogP contribution is 2.38. The Morgan fingerprint density at radius 2 is 0.537 bits per heavy atom. The lowest BCUT2D eigenvalue weighted by molar-refractivity contribution is 0.414. The van der Waals surface area contributed by atoms with Crippen LogP contribution in [0.1, 0.15) is 45.0 Å². The maximum absolute atomic E-state index is 5.59. The molecule has 7 aromatic heterocycles. The Hall–Kier alpha value is -10.5. The molecule has 4 aromatic carbocycles. The van der Waals surface area contributed by atoms with E-state index in [4.69, 9.17) is 48.9 Å². The zero-order chi connectivity index (χ0) is 54.1. The molecule has 0 amide bonds. The van der Waals surface area contributed by atoms with Gasteiger partial charge in [-0.25, -0.2) is 29.9 Å². The molecule has 80 heavy (non-hydrogen) atoms. The summed E-state index contributed by atoms with van der Waals surface area (Å²) < 4.78 is 30.7. The van der Waals surface area contributed by atoms with E-state index in [1.54, 1.807) is 28.4 Å². The molecule has 9 heterocycles. The van der Waals surface area contributed by atoms with Crippen LogP contribution in [0.3, 0.4) is 0 Å². The van der Waals surface area contributed by atoms with E-state index in [2.05, 4.69) is 125 Å². The molecule has 16 nitrogen and oxygen atoms in total. The molecule has 0 fully saturated rings. The predicted molar refractivity (Wildman–Crippen MR) is 312 cm³/mol. The summed E-state index contributed by atoms with van der Waals surface area (Å²) in [5.74, 6) is 6.07. The summed E-state index contributed by atoms with van der Waals surface area (Å²) in [7, 11) is 6.71. The fourth-order valence-electron chi connectivity index (χ4n) is 10.5. The number of methoxy groups -OCH3 is 4. The SMILES string of the molecule is COc1ccc(Cn2ccnc2-c2c3nc(c(-c4nccn4Cc4ccc(OC)cc4)c4ccc([nH]4)c(-c4nccn4Cc4ccc(OC)cc4)c4nc(c(-c5nccn5Cc5ccc(OC)cc5)c5ccc2[nH]5)C=C4)C=C3)cc1. The molecule has 0 atom stereocenters. The Bertz CT molecular complexity index is 3750. The van der Waals surface area contributed by atoms with E-state index < -0.39 is 0 Å². The van der Waals surface area contributed by atoms with E-state index in [1.807, 2.05) is 98.1 Å². The molecule has 2 aliphatic rings. The van der Waals surface area contributed by atoms with Crippen LogP contribution in [0.15, 0.2) is 171 Å². The summed E-state index contributed by atoms with van der Waals surface area (Å²) in [6, 6.07) is 40.8. The average molecular weight is 1060 g/mol. The number of rotatable bonds is 16. The summed E-state index contributed by atoms with van der Waals surface area (Å²) in [6.45, 7) is 2.19. The lowest BCUT2D eigenvalue weighted by atomic mass is 10.1. The van der Waals surface area contributed by atoms with E-state index in [9.17, 15) is 0 Å². The highest BCUT2D eigenvalue weighted by atomic mass is 16.5. The highest BCUT2D eigenvalue weighted by molar-refractivity contribution is 5.98. The summed E-state index contributed by atoms with van der Waals surface area (Å²) in [6.07, 6.45) is 23.7. The van der Waals surface area contributed by atoms with Gasteiger partial charge in [0.15, 0.2) is 0 Å². The number of imidazole rings is 4. The van der Waals surface area contributed by atoms with E-state index in [1.165, 1.54) is 0 Å². The molecule has 2 N–H and O–H groups in total. The number of fused-ring (bicyclic) bond motifs is 8. The van der Waals surface area contributed by atoms with Crippen molar-refractivity contribution in [2.45, 2.75) is 26.2 Å². The van der Waals surface area contributed by atoms with Gasteiger partial charge < -0.3 is 47.2 Å². The number of nitrogens with zero attached hydrogens (tertiary/aromatic N) is 10. The number of ether oxygens (including phenoxy) is 4. The van der Waals surface area contributed by atoms with Gasteiger partial charge in [-0.15, -0.1) is 0 Å².